The fraction of sp³-hybridized carbons (Fsp3) is 0.462. The number of nitrogens with zero attached hydrogens (tertiary/aromatic N) is 3. The summed E-state index contributed by atoms with van der Waals surface area (Å²) in [5.74, 6) is -0.157. The third kappa shape index (κ3) is 2.57. The minimum Gasteiger partial charge on any atom is -0.463 e. The molecule has 0 N–H and O–H groups in total. The quantitative estimate of drug-likeness (QED) is 0.773. The van der Waals surface area contributed by atoms with Crippen LogP contribution in [0, 0.1) is 0 Å². The second-order valence-corrected chi connectivity index (χ2v) is 4.24. The van der Waals surface area contributed by atoms with E-state index < -0.39 is 5.97 Å². The number of aromatic nitrogens is 3. The van der Waals surface area contributed by atoms with E-state index in [9.17, 15) is 4.79 Å². The Labute approximate surface area is 116 Å². The van der Waals surface area contributed by atoms with Crippen molar-refractivity contribution in [1.82, 2.24) is 14.8 Å². The van der Waals surface area contributed by atoms with E-state index in [2.05, 4.69) is 14.8 Å². The van der Waals surface area contributed by atoms with Gasteiger partial charge >= 0.3 is 5.97 Å². The van der Waals surface area contributed by atoms with Crippen LogP contribution in [0.15, 0.2) is 10.6 Å². The van der Waals surface area contributed by atoms with Crippen LogP contribution in [0.1, 0.15) is 28.9 Å². The summed E-state index contributed by atoms with van der Waals surface area (Å²) in [4.78, 5) is 16.0. The molecule has 0 saturated carbocycles. The molecule has 2 aromatic rings. The van der Waals surface area contributed by atoms with Crippen molar-refractivity contribution >= 4 is 5.97 Å². The summed E-state index contributed by atoms with van der Waals surface area (Å²) in [5, 5.41) is 4.32. The third-order valence-electron chi connectivity index (χ3n) is 2.82. The van der Waals surface area contributed by atoms with Gasteiger partial charge in [0.1, 0.15) is 5.69 Å². The lowest BCUT2D eigenvalue weighted by Gasteiger charge is -1.96. The number of hydrogen-bond donors (Lipinski definition) is 0. The van der Waals surface area contributed by atoms with Crippen LogP contribution in [0.3, 0.4) is 0 Å². The van der Waals surface area contributed by atoms with Crippen molar-refractivity contribution in [2.45, 2.75) is 20.0 Å². The number of hydrogen-bond acceptors (Lipinski definition) is 6. The maximum Gasteiger partial charge on any atom is 0.376 e. The molecule has 0 fully saturated rings. The zero-order valence-corrected chi connectivity index (χ0v) is 12.0. The molecule has 2 aromatic heterocycles. The van der Waals surface area contributed by atoms with E-state index in [4.69, 9.17) is 9.15 Å². The van der Waals surface area contributed by atoms with Gasteiger partial charge in [0.05, 0.1) is 25.0 Å². The minimum absolute atomic E-state index is 0.0651. The maximum absolute atomic E-state index is 11.7. The highest BCUT2D eigenvalue weighted by Crippen LogP contribution is 2.26. The first-order valence-corrected chi connectivity index (χ1v) is 6.20. The van der Waals surface area contributed by atoms with Crippen LogP contribution in [0.4, 0.5) is 0 Å². The first-order chi connectivity index (χ1) is 9.60. The molecular formula is C13H17N3O4. The van der Waals surface area contributed by atoms with Gasteiger partial charge in [-0.3, -0.25) is 4.68 Å². The second kappa shape index (κ2) is 5.87. The lowest BCUT2D eigenvalue weighted by molar-refractivity contribution is 0.0559. The lowest BCUT2D eigenvalue weighted by atomic mass is 10.2. The van der Waals surface area contributed by atoms with E-state index in [1.54, 1.807) is 4.68 Å². The fourth-order valence-corrected chi connectivity index (χ4v) is 1.93. The number of oxazole rings is 1. The Balaban J connectivity index is 2.49. The van der Waals surface area contributed by atoms with E-state index in [1.807, 2.05) is 20.2 Å². The fourth-order valence-electron chi connectivity index (χ4n) is 1.93. The van der Waals surface area contributed by atoms with Crippen molar-refractivity contribution in [3.8, 4) is 11.5 Å². The van der Waals surface area contributed by atoms with Gasteiger partial charge in [-0.15, -0.1) is 0 Å². The van der Waals surface area contributed by atoms with Crippen LogP contribution in [0.2, 0.25) is 0 Å². The Morgan fingerprint density at radius 2 is 2.15 bits per heavy atom. The number of rotatable bonds is 5. The second-order valence-electron chi connectivity index (χ2n) is 4.24. The standard InChI is InChI=1S/C13H17N3O4/c1-5-9-8(6-16(2)15-9)12-14-10(7-18-3)11(20-12)13(17)19-4/h6H,5,7H2,1-4H3. The Morgan fingerprint density at radius 1 is 1.40 bits per heavy atom. The summed E-state index contributed by atoms with van der Waals surface area (Å²) in [6.45, 7) is 2.17. The third-order valence-corrected chi connectivity index (χ3v) is 2.82. The van der Waals surface area contributed by atoms with Crippen LogP contribution in [0.25, 0.3) is 11.5 Å². The number of carbonyl (C=O) groups excluding carboxylic acids is 1. The molecule has 0 spiro atoms. The number of ether oxygens (including phenoxy) is 2. The van der Waals surface area contributed by atoms with Crippen molar-refractivity contribution in [3.63, 3.8) is 0 Å². The summed E-state index contributed by atoms with van der Waals surface area (Å²) in [6, 6.07) is 0. The summed E-state index contributed by atoms with van der Waals surface area (Å²) in [6.07, 6.45) is 2.55. The van der Waals surface area contributed by atoms with Crippen LogP contribution in [-0.2, 0) is 29.5 Å². The topological polar surface area (TPSA) is 79.4 Å². The maximum atomic E-state index is 11.7. The van der Waals surface area contributed by atoms with Gasteiger partial charge in [0.2, 0.25) is 11.7 Å². The molecule has 0 radical (unpaired) electrons. The normalized spacial score (nSPS) is 10.8. The lowest BCUT2D eigenvalue weighted by Crippen LogP contribution is -2.04. The molecule has 0 aromatic carbocycles. The van der Waals surface area contributed by atoms with E-state index in [-0.39, 0.29) is 12.4 Å². The highest BCUT2D eigenvalue weighted by atomic mass is 16.5. The van der Waals surface area contributed by atoms with Crippen molar-refractivity contribution in [2.75, 3.05) is 14.2 Å². The molecule has 20 heavy (non-hydrogen) atoms. The summed E-state index contributed by atoms with van der Waals surface area (Å²) >= 11 is 0. The Bertz CT molecular complexity index is 615. The van der Waals surface area contributed by atoms with Gasteiger partial charge in [0, 0.05) is 20.4 Å². The largest absolute Gasteiger partial charge is 0.463 e. The zero-order valence-electron chi connectivity index (χ0n) is 12.0. The average molecular weight is 279 g/mol. The SMILES string of the molecule is CCc1nn(C)cc1-c1nc(COC)c(C(=O)OC)o1. The summed E-state index contributed by atoms with van der Waals surface area (Å²) < 4.78 is 16.9. The predicted octanol–water partition coefficient (Wildman–Crippen LogP) is 1.57. The Hall–Kier alpha value is -2.15. The highest BCUT2D eigenvalue weighted by Gasteiger charge is 2.23. The smallest absolute Gasteiger partial charge is 0.376 e. The molecule has 108 valence electrons. The van der Waals surface area contributed by atoms with Crippen molar-refractivity contribution < 1.29 is 18.7 Å². The molecule has 7 nitrogen and oxygen atoms in total. The molecule has 0 bridgehead atoms. The van der Waals surface area contributed by atoms with E-state index >= 15 is 0 Å². The van der Waals surface area contributed by atoms with E-state index in [0.29, 0.717) is 11.6 Å². The minimum atomic E-state index is -0.572. The predicted molar refractivity (Wildman–Crippen MR) is 70.1 cm³/mol. The van der Waals surface area contributed by atoms with Crippen LogP contribution in [0.5, 0.6) is 0 Å². The van der Waals surface area contributed by atoms with Crippen LogP contribution in [-0.4, -0.2) is 35.0 Å². The molecule has 0 aliphatic heterocycles. The van der Waals surface area contributed by atoms with E-state index in [0.717, 1.165) is 17.7 Å². The van der Waals surface area contributed by atoms with Gasteiger partial charge in [-0.2, -0.15) is 5.10 Å². The van der Waals surface area contributed by atoms with Crippen LogP contribution < -0.4 is 0 Å². The van der Waals surface area contributed by atoms with Gasteiger partial charge in [-0.1, -0.05) is 6.92 Å². The monoisotopic (exact) mass is 279 g/mol. The molecule has 0 unspecified atom stereocenters. The number of esters is 1. The summed E-state index contributed by atoms with van der Waals surface area (Å²) in [5.41, 5.74) is 2.04. The Morgan fingerprint density at radius 3 is 2.75 bits per heavy atom. The van der Waals surface area contributed by atoms with Gasteiger partial charge in [-0.25, -0.2) is 9.78 Å². The Kier molecular flexibility index (Phi) is 4.19. The molecule has 0 atom stereocenters. The molecule has 2 heterocycles. The molecule has 0 saturated heterocycles. The molecule has 7 heteroatoms. The number of aryl methyl sites for hydroxylation is 2. The van der Waals surface area contributed by atoms with Crippen molar-refractivity contribution in [1.29, 1.82) is 0 Å². The summed E-state index contributed by atoms with van der Waals surface area (Å²) in [7, 11) is 4.64. The highest BCUT2D eigenvalue weighted by molar-refractivity contribution is 5.87. The van der Waals surface area contributed by atoms with Crippen molar-refractivity contribution in [3.05, 3.63) is 23.3 Å². The molecule has 0 aliphatic rings. The number of carbonyl (C=O) groups is 1. The molecule has 0 amide bonds. The van der Waals surface area contributed by atoms with Crippen molar-refractivity contribution in [2.24, 2.45) is 7.05 Å². The first-order valence-electron chi connectivity index (χ1n) is 6.20. The van der Waals surface area contributed by atoms with Gasteiger partial charge in [0.25, 0.3) is 0 Å². The molecule has 2 rings (SSSR count). The van der Waals surface area contributed by atoms with Gasteiger partial charge in [-0.05, 0) is 6.42 Å². The number of methoxy groups -OCH3 is 2. The first kappa shape index (κ1) is 14.3. The van der Waals surface area contributed by atoms with Gasteiger partial charge in [0.15, 0.2) is 0 Å². The van der Waals surface area contributed by atoms with Crippen LogP contribution >= 0.6 is 0 Å². The molecular weight excluding hydrogens is 262 g/mol. The van der Waals surface area contributed by atoms with E-state index in [1.165, 1.54) is 14.2 Å². The molecule has 0 aliphatic carbocycles. The average Bonchev–Trinajstić information content (AvgIpc) is 3.01. The zero-order chi connectivity index (χ0) is 14.7. The van der Waals surface area contributed by atoms with Gasteiger partial charge < -0.3 is 13.9 Å².